The fourth-order valence-corrected chi connectivity index (χ4v) is 2.04. The first-order valence-corrected chi connectivity index (χ1v) is 5.31. The summed E-state index contributed by atoms with van der Waals surface area (Å²) in [6, 6.07) is 0. The van der Waals surface area contributed by atoms with Gasteiger partial charge in [0, 0.05) is 5.41 Å². The van der Waals surface area contributed by atoms with E-state index in [0.717, 1.165) is 12.8 Å². The Kier molecular flexibility index (Phi) is 5.29. The van der Waals surface area contributed by atoms with Gasteiger partial charge in [-0.3, -0.25) is 0 Å². The SMILES string of the molecule is C=C[C@](CC)(/C(=C\N)CC)/C(C)=C/C. The molecule has 0 amide bonds. The summed E-state index contributed by atoms with van der Waals surface area (Å²) in [6.45, 7) is 12.5. The molecule has 1 atom stereocenters. The van der Waals surface area contributed by atoms with Gasteiger partial charge in [-0.2, -0.15) is 0 Å². The van der Waals surface area contributed by atoms with Crippen molar-refractivity contribution < 1.29 is 0 Å². The lowest BCUT2D eigenvalue weighted by atomic mass is 9.71. The van der Waals surface area contributed by atoms with E-state index >= 15 is 0 Å². The number of allylic oxidation sites excluding steroid dienone is 4. The second-order valence-corrected chi connectivity index (χ2v) is 3.55. The van der Waals surface area contributed by atoms with Gasteiger partial charge in [-0.15, -0.1) is 6.58 Å². The normalized spacial score (nSPS) is 17.7. The van der Waals surface area contributed by atoms with E-state index in [-0.39, 0.29) is 5.41 Å². The molecule has 1 nitrogen and oxygen atoms in total. The molecule has 0 heterocycles. The Morgan fingerprint density at radius 3 is 2.21 bits per heavy atom. The lowest BCUT2D eigenvalue weighted by Crippen LogP contribution is -2.22. The van der Waals surface area contributed by atoms with Gasteiger partial charge in [0.05, 0.1) is 0 Å². The quantitative estimate of drug-likeness (QED) is 0.660. The van der Waals surface area contributed by atoms with Crippen molar-refractivity contribution >= 4 is 0 Å². The Balaban J connectivity index is 5.38. The van der Waals surface area contributed by atoms with E-state index in [1.807, 2.05) is 6.08 Å². The highest BCUT2D eigenvalue weighted by molar-refractivity contribution is 5.33. The van der Waals surface area contributed by atoms with Crippen LogP contribution in [0, 0.1) is 5.41 Å². The average Bonchev–Trinajstić information content (AvgIpc) is 2.25. The summed E-state index contributed by atoms with van der Waals surface area (Å²) in [5.41, 5.74) is 8.23. The molecule has 0 aliphatic carbocycles. The van der Waals surface area contributed by atoms with Crippen molar-refractivity contribution in [2.45, 2.75) is 40.5 Å². The van der Waals surface area contributed by atoms with E-state index < -0.39 is 0 Å². The molecule has 0 rings (SSSR count). The summed E-state index contributed by atoms with van der Waals surface area (Å²) in [6.07, 6.45) is 7.89. The van der Waals surface area contributed by atoms with Gasteiger partial charge in [0.2, 0.25) is 0 Å². The van der Waals surface area contributed by atoms with Gasteiger partial charge in [0.1, 0.15) is 0 Å². The molecule has 0 fully saturated rings. The van der Waals surface area contributed by atoms with Crippen LogP contribution in [-0.4, -0.2) is 0 Å². The van der Waals surface area contributed by atoms with Crippen LogP contribution in [0.15, 0.2) is 36.1 Å². The molecule has 14 heavy (non-hydrogen) atoms. The van der Waals surface area contributed by atoms with Crippen LogP contribution >= 0.6 is 0 Å². The summed E-state index contributed by atoms with van der Waals surface area (Å²) in [4.78, 5) is 0. The average molecular weight is 193 g/mol. The second kappa shape index (κ2) is 5.69. The minimum atomic E-state index is -0.0295. The third-order valence-electron chi connectivity index (χ3n) is 3.20. The van der Waals surface area contributed by atoms with Crippen LogP contribution in [0.25, 0.3) is 0 Å². The molecule has 0 aliphatic heterocycles. The van der Waals surface area contributed by atoms with Gasteiger partial charge in [0.15, 0.2) is 0 Å². The van der Waals surface area contributed by atoms with Crippen LogP contribution in [0.5, 0.6) is 0 Å². The van der Waals surface area contributed by atoms with E-state index in [1.54, 1.807) is 6.20 Å². The highest BCUT2D eigenvalue weighted by atomic mass is 14.5. The summed E-state index contributed by atoms with van der Waals surface area (Å²) in [7, 11) is 0. The molecule has 0 bridgehead atoms. The van der Waals surface area contributed by atoms with Gasteiger partial charge in [-0.1, -0.05) is 31.6 Å². The topological polar surface area (TPSA) is 26.0 Å². The molecule has 0 saturated carbocycles. The van der Waals surface area contributed by atoms with Crippen molar-refractivity contribution in [2.75, 3.05) is 0 Å². The third-order valence-corrected chi connectivity index (χ3v) is 3.20. The highest BCUT2D eigenvalue weighted by Crippen LogP contribution is 2.41. The van der Waals surface area contributed by atoms with Gasteiger partial charge in [-0.25, -0.2) is 0 Å². The van der Waals surface area contributed by atoms with Crippen LogP contribution in [0.1, 0.15) is 40.5 Å². The fourth-order valence-electron chi connectivity index (χ4n) is 2.04. The molecule has 2 N–H and O–H groups in total. The van der Waals surface area contributed by atoms with Crippen LogP contribution in [0.4, 0.5) is 0 Å². The highest BCUT2D eigenvalue weighted by Gasteiger charge is 2.29. The molecule has 0 spiro atoms. The van der Waals surface area contributed by atoms with E-state index in [0.29, 0.717) is 0 Å². The zero-order valence-electron chi connectivity index (χ0n) is 9.93. The van der Waals surface area contributed by atoms with Gasteiger partial charge < -0.3 is 5.73 Å². The number of hydrogen-bond donors (Lipinski definition) is 1. The van der Waals surface area contributed by atoms with Crippen molar-refractivity contribution in [3.8, 4) is 0 Å². The Morgan fingerprint density at radius 2 is 2.00 bits per heavy atom. The summed E-state index contributed by atoms with van der Waals surface area (Å²) >= 11 is 0. The standard InChI is InChI=1S/C13H23N/c1-6-11(5)13(8-3,9-4)12(7-2)10-14/h6,8,10H,3,7,9,14H2,1-2,4-5H3/b11-6+,12-10-/t13-/m1/s1. The van der Waals surface area contributed by atoms with Crippen molar-refractivity contribution in [2.24, 2.45) is 11.1 Å². The van der Waals surface area contributed by atoms with Crippen LogP contribution < -0.4 is 5.73 Å². The van der Waals surface area contributed by atoms with Gasteiger partial charge in [-0.05, 0) is 38.5 Å². The number of nitrogens with two attached hydrogens (primary N) is 1. The molecular weight excluding hydrogens is 170 g/mol. The molecule has 0 aromatic rings. The first-order valence-electron chi connectivity index (χ1n) is 5.31. The molecule has 1 heteroatoms. The monoisotopic (exact) mass is 193 g/mol. The Hall–Kier alpha value is -0.980. The molecule has 0 radical (unpaired) electrons. The minimum absolute atomic E-state index is 0.0295. The second-order valence-electron chi connectivity index (χ2n) is 3.55. The van der Waals surface area contributed by atoms with Crippen molar-refractivity contribution in [3.63, 3.8) is 0 Å². The Morgan fingerprint density at radius 1 is 1.43 bits per heavy atom. The summed E-state index contributed by atoms with van der Waals surface area (Å²) in [5, 5.41) is 0. The van der Waals surface area contributed by atoms with Crippen LogP contribution in [0.2, 0.25) is 0 Å². The Bertz CT molecular complexity index is 248. The number of rotatable bonds is 5. The predicted molar refractivity (Wildman–Crippen MR) is 64.9 cm³/mol. The zero-order chi connectivity index (χ0) is 11.2. The molecule has 0 aliphatic rings. The predicted octanol–water partition coefficient (Wildman–Crippen LogP) is 3.79. The van der Waals surface area contributed by atoms with Crippen molar-refractivity contribution in [1.82, 2.24) is 0 Å². The summed E-state index contributed by atoms with van der Waals surface area (Å²) < 4.78 is 0. The first-order chi connectivity index (χ1) is 6.62. The molecule has 80 valence electrons. The maximum Gasteiger partial charge on any atom is 0.0309 e. The van der Waals surface area contributed by atoms with Gasteiger partial charge >= 0.3 is 0 Å². The van der Waals surface area contributed by atoms with Crippen molar-refractivity contribution in [3.05, 3.63) is 36.1 Å². The van der Waals surface area contributed by atoms with Crippen LogP contribution in [-0.2, 0) is 0 Å². The minimum Gasteiger partial charge on any atom is -0.405 e. The molecule has 0 aromatic heterocycles. The third kappa shape index (κ3) is 2.09. The lowest BCUT2D eigenvalue weighted by molar-refractivity contribution is 0.509. The van der Waals surface area contributed by atoms with E-state index in [9.17, 15) is 0 Å². The smallest absolute Gasteiger partial charge is 0.0309 e. The first kappa shape index (κ1) is 13.0. The van der Waals surface area contributed by atoms with Crippen molar-refractivity contribution in [1.29, 1.82) is 0 Å². The van der Waals surface area contributed by atoms with Crippen LogP contribution in [0.3, 0.4) is 0 Å². The fraction of sp³-hybridized carbons (Fsp3) is 0.538. The van der Waals surface area contributed by atoms with E-state index in [1.165, 1.54) is 11.1 Å². The number of hydrogen-bond acceptors (Lipinski definition) is 1. The van der Waals surface area contributed by atoms with E-state index in [4.69, 9.17) is 5.73 Å². The molecule has 0 unspecified atom stereocenters. The molecular formula is C13H23N. The maximum atomic E-state index is 5.68. The largest absolute Gasteiger partial charge is 0.405 e. The van der Waals surface area contributed by atoms with Gasteiger partial charge in [0.25, 0.3) is 0 Å². The maximum absolute atomic E-state index is 5.68. The summed E-state index contributed by atoms with van der Waals surface area (Å²) in [5.74, 6) is 0. The zero-order valence-corrected chi connectivity index (χ0v) is 9.93. The molecule has 0 saturated heterocycles. The Labute approximate surface area is 88.4 Å². The lowest BCUT2D eigenvalue weighted by Gasteiger charge is -2.33. The van der Waals surface area contributed by atoms with E-state index in [2.05, 4.69) is 40.3 Å². The molecule has 0 aromatic carbocycles.